The van der Waals surface area contributed by atoms with Crippen LogP contribution in [-0.2, 0) is 19.2 Å². The number of hydrogen-bond acceptors (Lipinski definition) is 8. The Morgan fingerprint density at radius 2 is 0.244 bits per heavy atom. The number of aliphatic carboxylic acids is 4. The predicted octanol–water partition coefficient (Wildman–Crippen LogP) is 19.2. The summed E-state index contributed by atoms with van der Waals surface area (Å²) in [4.78, 5) is 40.9. The Morgan fingerprint density at radius 3 is 0.317 bits per heavy atom. The maximum Gasteiger partial charge on any atom is 2.00 e. The molecular formula is C72H140BaO8Pb. The molecule has 10 heteroatoms. The molecule has 0 aromatic carbocycles. The van der Waals surface area contributed by atoms with Crippen molar-refractivity contribution in [3.05, 3.63) is 0 Å². The van der Waals surface area contributed by atoms with Crippen molar-refractivity contribution in [2.75, 3.05) is 0 Å². The van der Waals surface area contributed by atoms with E-state index in [1.54, 1.807) is 0 Å². The van der Waals surface area contributed by atoms with Gasteiger partial charge in [-0.3, -0.25) is 0 Å². The van der Waals surface area contributed by atoms with Crippen LogP contribution in [0.2, 0.25) is 0 Å². The molecule has 0 fully saturated rings. The third kappa shape index (κ3) is 108. The Kier molecular flexibility index (Phi) is 103. The van der Waals surface area contributed by atoms with E-state index < -0.39 is 23.9 Å². The van der Waals surface area contributed by atoms with E-state index >= 15 is 0 Å². The molecule has 0 saturated heterocycles. The standard InChI is InChI=1S/4C18H36O2.Ba.Pb/c4*1-2-3-4-5-6-7-8-9-10-11-12-13-14-15-16-17-18(19)20;;/h4*2-17H2,1H3,(H,19,20);;/q;;;;2*+2/p-4. The van der Waals surface area contributed by atoms with Gasteiger partial charge in [-0.2, -0.15) is 0 Å². The predicted molar refractivity (Wildman–Crippen MR) is 350 cm³/mol. The first-order valence-electron chi connectivity index (χ1n) is 35.9. The average Bonchev–Trinajstić information content (AvgIpc) is 3.43. The van der Waals surface area contributed by atoms with E-state index in [0.29, 0.717) is 0 Å². The molecule has 0 saturated carbocycles. The molecule has 0 N–H and O–H groups in total. The summed E-state index contributed by atoms with van der Waals surface area (Å²) < 4.78 is 0. The van der Waals surface area contributed by atoms with Crippen molar-refractivity contribution >= 4 is 100 Å². The number of unbranched alkanes of at least 4 members (excludes halogenated alkanes) is 56. The molecule has 482 valence electrons. The zero-order valence-electron chi connectivity index (χ0n) is 55.7. The van der Waals surface area contributed by atoms with Gasteiger partial charge in [0.15, 0.2) is 0 Å². The second-order valence-electron chi connectivity index (χ2n) is 24.3. The summed E-state index contributed by atoms with van der Waals surface area (Å²) in [6.45, 7) is 9.07. The number of hydrogen-bond donors (Lipinski definition) is 0. The summed E-state index contributed by atoms with van der Waals surface area (Å²) in [5, 5.41) is 40.9. The Labute approximate surface area is 572 Å². The van der Waals surface area contributed by atoms with E-state index in [2.05, 4.69) is 27.7 Å². The molecular weight excluding hydrogens is 1340 g/mol. The van der Waals surface area contributed by atoms with E-state index in [9.17, 15) is 39.6 Å². The van der Waals surface area contributed by atoms with Gasteiger partial charge in [0.25, 0.3) is 0 Å². The van der Waals surface area contributed by atoms with E-state index in [4.69, 9.17) is 0 Å². The van der Waals surface area contributed by atoms with Crippen LogP contribution in [0.25, 0.3) is 0 Å². The van der Waals surface area contributed by atoms with Crippen LogP contribution in [0.3, 0.4) is 0 Å². The topological polar surface area (TPSA) is 161 Å². The molecule has 0 aromatic rings. The Hall–Kier alpha value is 0.374. The minimum Gasteiger partial charge on any atom is -0.550 e. The number of carboxylic acid groups (broad SMARTS) is 4. The molecule has 0 bridgehead atoms. The molecule has 8 nitrogen and oxygen atoms in total. The maximum absolute atomic E-state index is 10.2. The zero-order chi connectivity index (χ0) is 59.6. The first kappa shape index (κ1) is 93.5. The minimum atomic E-state index is -0.903. The normalized spacial score (nSPS) is 10.6. The summed E-state index contributed by atoms with van der Waals surface area (Å²) in [5.41, 5.74) is 0. The summed E-state index contributed by atoms with van der Waals surface area (Å²) in [5.74, 6) is -3.61. The Morgan fingerprint density at radius 1 is 0.171 bits per heavy atom. The summed E-state index contributed by atoms with van der Waals surface area (Å²) in [6.07, 6.45) is 79.4. The summed E-state index contributed by atoms with van der Waals surface area (Å²) in [6, 6.07) is 0. The largest absolute Gasteiger partial charge is 2.00 e. The smallest absolute Gasteiger partial charge is 0.550 e. The van der Waals surface area contributed by atoms with Crippen LogP contribution in [0.15, 0.2) is 0 Å². The molecule has 0 heterocycles. The molecule has 0 aliphatic rings. The van der Waals surface area contributed by atoms with Crippen molar-refractivity contribution in [2.45, 2.75) is 439 Å². The van der Waals surface area contributed by atoms with E-state index in [1.165, 1.54) is 334 Å². The van der Waals surface area contributed by atoms with Crippen LogP contribution in [0.5, 0.6) is 0 Å². The minimum absolute atomic E-state index is 0. The summed E-state index contributed by atoms with van der Waals surface area (Å²) in [7, 11) is 0. The molecule has 0 aromatic heterocycles. The van der Waals surface area contributed by atoms with Crippen LogP contribution >= 0.6 is 0 Å². The molecule has 2 radical (unpaired) electrons. The second kappa shape index (κ2) is 90.1. The van der Waals surface area contributed by atoms with Crippen LogP contribution in [0.1, 0.15) is 439 Å². The monoisotopic (exact) mass is 1480 g/mol. The fourth-order valence-electron chi connectivity index (χ4n) is 10.6. The third-order valence-electron chi connectivity index (χ3n) is 15.9. The van der Waals surface area contributed by atoms with Crippen molar-refractivity contribution in [1.29, 1.82) is 0 Å². The van der Waals surface area contributed by atoms with E-state index in [1.807, 2.05) is 0 Å². The Balaban J connectivity index is -0.000000233. The van der Waals surface area contributed by atoms with Gasteiger partial charge in [-0.25, -0.2) is 0 Å². The SMILES string of the molecule is CCCCCCCCCCCCCCCCCC(=O)[O-].CCCCCCCCCCCCCCCCCC(=O)[O-].CCCCCCCCCCCCCCCCCC(=O)[O-].CCCCCCCCCCCCCCCCCC(=O)[O-].[Ba+2].[Pb+2]. The molecule has 0 rings (SSSR count). The van der Waals surface area contributed by atoms with Gasteiger partial charge in [-0.05, 0) is 51.4 Å². The van der Waals surface area contributed by atoms with Gasteiger partial charge in [-0.1, -0.05) is 387 Å². The van der Waals surface area contributed by atoms with E-state index in [0.717, 1.165) is 51.4 Å². The average molecular weight is 1480 g/mol. The van der Waals surface area contributed by atoms with Crippen LogP contribution in [0, 0.1) is 0 Å². The second-order valence-corrected chi connectivity index (χ2v) is 24.3. The fourth-order valence-corrected chi connectivity index (χ4v) is 10.6. The van der Waals surface area contributed by atoms with Crippen molar-refractivity contribution in [3.63, 3.8) is 0 Å². The number of rotatable bonds is 64. The van der Waals surface area contributed by atoms with Gasteiger partial charge in [0, 0.05) is 23.9 Å². The van der Waals surface area contributed by atoms with Gasteiger partial charge in [0.05, 0.1) is 0 Å². The molecule has 0 amide bonds. The maximum atomic E-state index is 10.2. The molecule has 82 heavy (non-hydrogen) atoms. The van der Waals surface area contributed by atoms with Crippen LogP contribution < -0.4 is 20.4 Å². The van der Waals surface area contributed by atoms with Crippen LogP contribution in [-0.4, -0.2) is 100 Å². The first-order chi connectivity index (χ1) is 39.1. The molecule has 0 aliphatic carbocycles. The van der Waals surface area contributed by atoms with Gasteiger partial charge in [-0.15, -0.1) is 0 Å². The number of carboxylic acids is 4. The Bertz CT molecular complexity index is 998. The third-order valence-corrected chi connectivity index (χ3v) is 15.9. The van der Waals surface area contributed by atoms with Crippen molar-refractivity contribution in [2.24, 2.45) is 0 Å². The van der Waals surface area contributed by atoms with Crippen molar-refractivity contribution in [1.82, 2.24) is 0 Å². The summed E-state index contributed by atoms with van der Waals surface area (Å²) >= 11 is 0. The molecule has 0 spiro atoms. The fraction of sp³-hybridized carbons (Fsp3) is 0.944. The number of carbonyl (C=O) groups excluding carboxylic acids is 4. The van der Waals surface area contributed by atoms with Gasteiger partial charge >= 0.3 is 76.2 Å². The molecule has 0 aliphatic heterocycles. The van der Waals surface area contributed by atoms with Crippen molar-refractivity contribution in [3.8, 4) is 0 Å². The number of carbonyl (C=O) groups is 4. The van der Waals surface area contributed by atoms with Gasteiger partial charge in [0.1, 0.15) is 0 Å². The molecule has 0 unspecified atom stereocenters. The zero-order valence-corrected chi connectivity index (χ0v) is 64.1. The molecule has 0 atom stereocenters. The quantitative estimate of drug-likeness (QED) is 0.0430. The van der Waals surface area contributed by atoms with Crippen molar-refractivity contribution < 1.29 is 39.6 Å². The first-order valence-corrected chi connectivity index (χ1v) is 35.9. The van der Waals surface area contributed by atoms with Crippen LogP contribution in [0.4, 0.5) is 0 Å². The van der Waals surface area contributed by atoms with E-state index in [-0.39, 0.29) is 102 Å². The van der Waals surface area contributed by atoms with Gasteiger partial charge < -0.3 is 39.6 Å². The van der Waals surface area contributed by atoms with Gasteiger partial charge in [0.2, 0.25) is 0 Å².